The molecule has 4 N–H and O–H groups in total. The molecule has 11 heteroatoms. The van der Waals surface area contributed by atoms with E-state index >= 15 is 4.39 Å². The van der Waals surface area contributed by atoms with Gasteiger partial charge in [-0.2, -0.15) is 4.31 Å². The van der Waals surface area contributed by atoms with Gasteiger partial charge in [0.2, 0.25) is 15.9 Å². The van der Waals surface area contributed by atoms with E-state index in [1.807, 2.05) is 20.8 Å². The van der Waals surface area contributed by atoms with Crippen molar-refractivity contribution < 1.29 is 26.7 Å². The van der Waals surface area contributed by atoms with E-state index in [9.17, 15) is 17.6 Å². The summed E-state index contributed by atoms with van der Waals surface area (Å²) >= 11 is 0. The number of carbonyl (C=O) groups excluding carboxylic acids is 1. The fourth-order valence-electron chi connectivity index (χ4n) is 7.20. The van der Waals surface area contributed by atoms with Crippen LogP contribution in [0.2, 0.25) is 0 Å². The van der Waals surface area contributed by atoms with E-state index in [-0.39, 0.29) is 46.9 Å². The van der Waals surface area contributed by atoms with Crippen molar-refractivity contribution in [2.45, 2.75) is 87.6 Å². The summed E-state index contributed by atoms with van der Waals surface area (Å²) in [6.07, 6.45) is 1.85. The smallest absolute Gasteiger partial charge is 0.243 e. The third-order valence-corrected chi connectivity index (χ3v) is 11.3. The fourth-order valence-corrected chi connectivity index (χ4v) is 9.07. The number of hydrogen-bond donors (Lipinski definition) is 3. The molecule has 8 nitrogen and oxygen atoms in total. The van der Waals surface area contributed by atoms with Crippen molar-refractivity contribution in [1.29, 1.82) is 0 Å². The van der Waals surface area contributed by atoms with E-state index in [1.165, 1.54) is 28.6 Å². The first-order valence-electron chi connectivity index (χ1n) is 16.0. The number of benzene rings is 3. The van der Waals surface area contributed by atoms with Crippen molar-refractivity contribution in [2.75, 3.05) is 18.4 Å². The largest absolute Gasteiger partial charge is 0.376 e. The van der Waals surface area contributed by atoms with Crippen molar-refractivity contribution in [2.24, 2.45) is 11.7 Å². The minimum absolute atomic E-state index is 0.00952. The lowest BCUT2D eigenvalue weighted by Gasteiger charge is -2.40. The van der Waals surface area contributed by atoms with Crippen molar-refractivity contribution in [1.82, 2.24) is 9.62 Å². The number of ether oxygens (including phenoxy) is 1. The summed E-state index contributed by atoms with van der Waals surface area (Å²) in [6, 6.07) is 17.1. The van der Waals surface area contributed by atoms with Crippen LogP contribution in [0.15, 0.2) is 77.7 Å². The zero-order valence-electron chi connectivity index (χ0n) is 26.5. The van der Waals surface area contributed by atoms with Crippen LogP contribution in [0.1, 0.15) is 57.1 Å². The standard InChI is InChI=1S/C35H44F2N4O4S/c1-22-20-39-21-28(41(22)46(43,44)29-8-5-4-6-9-29)16-17-30-31(37)10-7-11-32(30)40-35(42)34(38)33(25-12-14-27(36)15-13-25)26-18-23(2)45-24(3)19-26/h4-15,22-24,26,28,33-34,39H,16-21,38H2,1-3H3,(H,40,42)/t22-,23?,24?,26?,28+,33?,34?/m1/s1. The van der Waals surface area contributed by atoms with Crippen LogP contribution in [0, 0.1) is 17.6 Å². The van der Waals surface area contributed by atoms with Crippen LogP contribution < -0.4 is 16.4 Å². The van der Waals surface area contributed by atoms with Gasteiger partial charge in [-0.1, -0.05) is 36.4 Å². The average molecular weight is 655 g/mol. The molecule has 0 aliphatic carbocycles. The average Bonchev–Trinajstić information content (AvgIpc) is 3.01. The van der Waals surface area contributed by atoms with Crippen LogP contribution in [-0.2, 0) is 26.0 Å². The quantitative estimate of drug-likeness (QED) is 0.277. The lowest BCUT2D eigenvalue weighted by atomic mass is 9.74. The second-order valence-electron chi connectivity index (χ2n) is 12.7. The third kappa shape index (κ3) is 7.66. The van der Waals surface area contributed by atoms with Gasteiger partial charge in [-0.05, 0) is 94.3 Å². The predicted octanol–water partition coefficient (Wildman–Crippen LogP) is 5.20. The van der Waals surface area contributed by atoms with Gasteiger partial charge in [0.15, 0.2) is 0 Å². The molecule has 0 saturated carbocycles. The maximum Gasteiger partial charge on any atom is 0.243 e. The highest BCUT2D eigenvalue weighted by Crippen LogP contribution is 2.39. The summed E-state index contributed by atoms with van der Waals surface area (Å²) in [7, 11) is -3.79. The highest BCUT2D eigenvalue weighted by Gasteiger charge is 2.39. The van der Waals surface area contributed by atoms with Gasteiger partial charge in [-0.15, -0.1) is 0 Å². The monoisotopic (exact) mass is 654 g/mol. The first kappa shape index (κ1) is 34.1. The van der Waals surface area contributed by atoms with Crippen molar-refractivity contribution >= 4 is 21.6 Å². The Balaban J connectivity index is 1.36. The number of nitrogens with one attached hydrogen (secondary N) is 2. The number of carbonyl (C=O) groups is 1. The summed E-state index contributed by atoms with van der Waals surface area (Å²) in [5.41, 5.74) is 8.03. The molecule has 3 aromatic rings. The first-order valence-corrected chi connectivity index (χ1v) is 17.4. The molecule has 46 heavy (non-hydrogen) atoms. The van der Waals surface area contributed by atoms with Crippen molar-refractivity contribution in [3.05, 3.63) is 95.6 Å². The van der Waals surface area contributed by atoms with E-state index in [0.717, 1.165) is 5.56 Å². The number of hydrogen-bond acceptors (Lipinski definition) is 6. The molecule has 248 valence electrons. The molecule has 5 rings (SSSR count). The number of nitrogens with zero attached hydrogens (tertiary/aromatic N) is 1. The topological polar surface area (TPSA) is 114 Å². The Morgan fingerprint density at radius 3 is 2.33 bits per heavy atom. The molecule has 3 aromatic carbocycles. The fraction of sp³-hybridized carbons (Fsp3) is 0.457. The maximum atomic E-state index is 15.4. The van der Waals surface area contributed by atoms with E-state index in [0.29, 0.717) is 38.0 Å². The van der Waals surface area contributed by atoms with Crippen LogP contribution in [0.3, 0.4) is 0 Å². The molecule has 0 bridgehead atoms. The molecular formula is C35H44F2N4O4S. The normalized spacial score (nSPS) is 25.5. The van der Waals surface area contributed by atoms with Gasteiger partial charge in [-0.3, -0.25) is 4.79 Å². The Morgan fingerprint density at radius 1 is 0.978 bits per heavy atom. The van der Waals surface area contributed by atoms with Gasteiger partial charge in [0, 0.05) is 42.3 Å². The summed E-state index contributed by atoms with van der Waals surface area (Å²) in [4.78, 5) is 14.0. The zero-order chi connectivity index (χ0) is 33.0. The molecule has 1 amide bonds. The van der Waals surface area contributed by atoms with Crippen molar-refractivity contribution in [3.63, 3.8) is 0 Å². The van der Waals surface area contributed by atoms with Crippen LogP contribution in [0.25, 0.3) is 0 Å². The van der Waals surface area contributed by atoms with E-state index < -0.39 is 39.7 Å². The molecule has 2 saturated heterocycles. The molecule has 4 unspecified atom stereocenters. The number of halogens is 2. The molecule has 2 fully saturated rings. The minimum atomic E-state index is -3.79. The Hall–Kier alpha value is -3.22. The van der Waals surface area contributed by atoms with E-state index in [2.05, 4.69) is 10.6 Å². The number of sulfonamides is 1. The Morgan fingerprint density at radius 2 is 1.65 bits per heavy atom. The second kappa shape index (κ2) is 14.7. The molecule has 2 aliphatic rings. The number of anilines is 1. The summed E-state index contributed by atoms with van der Waals surface area (Å²) in [6.45, 7) is 6.75. The predicted molar refractivity (Wildman–Crippen MR) is 175 cm³/mol. The van der Waals surface area contributed by atoms with Crippen LogP contribution in [-0.4, -0.2) is 62.1 Å². The number of nitrogens with two attached hydrogens (primary N) is 1. The highest BCUT2D eigenvalue weighted by atomic mass is 32.2. The second-order valence-corrected chi connectivity index (χ2v) is 14.5. The molecule has 0 spiro atoms. The summed E-state index contributed by atoms with van der Waals surface area (Å²) in [5, 5.41) is 6.18. The molecule has 0 radical (unpaired) electrons. The Kier molecular flexibility index (Phi) is 10.9. The van der Waals surface area contributed by atoms with Crippen molar-refractivity contribution in [3.8, 4) is 0 Å². The Bertz CT molecular complexity index is 1580. The number of piperazine rings is 1. The van der Waals surface area contributed by atoms with Crippen LogP contribution in [0.4, 0.5) is 14.5 Å². The highest BCUT2D eigenvalue weighted by molar-refractivity contribution is 7.89. The molecule has 2 heterocycles. The van der Waals surface area contributed by atoms with Gasteiger partial charge in [-0.25, -0.2) is 17.2 Å². The molecule has 2 aliphatic heterocycles. The van der Waals surface area contributed by atoms with Crippen LogP contribution in [0.5, 0.6) is 0 Å². The summed E-state index contributed by atoms with van der Waals surface area (Å²) in [5.74, 6) is -1.76. The first-order chi connectivity index (χ1) is 22.0. The lowest BCUT2D eigenvalue weighted by Crippen LogP contribution is -2.58. The van der Waals surface area contributed by atoms with Gasteiger partial charge < -0.3 is 21.1 Å². The van der Waals surface area contributed by atoms with Gasteiger partial charge in [0.25, 0.3) is 0 Å². The van der Waals surface area contributed by atoms with E-state index in [1.54, 1.807) is 48.5 Å². The number of amides is 1. The van der Waals surface area contributed by atoms with Gasteiger partial charge >= 0.3 is 0 Å². The third-order valence-electron chi connectivity index (χ3n) is 9.22. The van der Waals surface area contributed by atoms with Crippen LogP contribution >= 0.6 is 0 Å². The minimum Gasteiger partial charge on any atom is -0.376 e. The Labute approximate surface area is 270 Å². The van der Waals surface area contributed by atoms with Gasteiger partial charge in [0.05, 0.1) is 23.1 Å². The zero-order valence-corrected chi connectivity index (χ0v) is 27.4. The maximum absolute atomic E-state index is 15.4. The van der Waals surface area contributed by atoms with E-state index in [4.69, 9.17) is 10.5 Å². The van der Waals surface area contributed by atoms with Gasteiger partial charge in [0.1, 0.15) is 11.6 Å². The SMILES string of the molecule is CC1CC(C(c2ccc(F)cc2)C(N)C(=O)Nc2cccc(F)c2CC[C@H]2CNC[C@@H](C)N2S(=O)(=O)c2ccccc2)CC(C)O1. The number of rotatable bonds is 10. The molecule has 6 atom stereocenters. The molecule has 0 aromatic heterocycles. The summed E-state index contributed by atoms with van der Waals surface area (Å²) < 4.78 is 64.0. The lowest BCUT2D eigenvalue weighted by molar-refractivity contribution is -0.119. The molecular weight excluding hydrogens is 610 g/mol.